The maximum atomic E-state index is 9.10. The van der Waals surface area contributed by atoms with E-state index >= 15 is 0 Å². The van der Waals surface area contributed by atoms with Gasteiger partial charge in [0.25, 0.3) is 0 Å². The van der Waals surface area contributed by atoms with E-state index in [1.165, 1.54) is 6.26 Å². The predicted molar refractivity (Wildman–Crippen MR) is 40.4 cm³/mol. The maximum Gasteiger partial charge on any atom is 0.134 e. The summed E-state index contributed by atoms with van der Waals surface area (Å²) in [4.78, 5) is 0. The van der Waals surface area contributed by atoms with E-state index in [4.69, 9.17) is 15.3 Å². The van der Waals surface area contributed by atoms with Gasteiger partial charge in [-0.05, 0) is 22.0 Å². The summed E-state index contributed by atoms with van der Waals surface area (Å²) in [5, 5.41) is 9.10. The molecule has 0 aromatic carbocycles. The van der Waals surface area contributed by atoms with Crippen molar-refractivity contribution in [1.29, 1.82) is 0 Å². The lowest BCUT2D eigenvalue weighted by Crippen LogP contribution is -2.10. The zero-order chi connectivity index (χ0) is 7.56. The normalized spacial score (nSPS) is 13.5. The molecule has 0 aliphatic carbocycles. The van der Waals surface area contributed by atoms with Crippen LogP contribution < -0.4 is 5.73 Å². The van der Waals surface area contributed by atoms with Gasteiger partial charge in [-0.2, -0.15) is 0 Å². The lowest BCUT2D eigenvalue weighted by Gasteiger charge is -2.00. The standard InChI is InChI=1S/C6H8BrNO2/c7-4-1-6(10-3-4)5(9)2-8/h1,3,5,9H,2,8H2/t5-/m0/s1. The summed E-state index contributed by atoms with van der Waals surface area (Å²) >= 11 is 3.18. The summed E-state index contributed by atoms with van der Waals surface area (Å²) in [7, 11) is 0. The quantitative estimate of drug-likeness (QED) is 0.759. The zero-order valence-electron chi connectivity index (χ0n) is 5.25. The fourth-order valence-corrected chi connectivity index (χ4v) is 0.938. The lowest BCUT2D eigenvalue weighted by molar-refractivity contribution is 0.158. The van der Waals surface area contributed by atoms with Gasteiger partial charge >= 0.3 is 0 Å². The minimum atomic E-state index is -0.689. The Kier molecular flexibility index (Phi) is 2.48. The smallest absolute Gasteiger partial charge is 0.134 e. The highest BCUT2D eigenvalue weighted by molar-refractivity contribution is 9.10. The number of halogens is 1. The van der Waals surface area contributed by atoms with E-state index in [9.17, 15) is 0 Å². The molecular formula is C6H8BrNO2. The molecule has 1 aromatic rings. The Morgan fingerprint density at radius 1 is 1.80 bits per heavy atom. The summed E-state index contributed by atoms with van der Waals surface area (Å²) in [5.41, 5.74) is 5.19. The third kappa shape index (κ3) is 1.59. The second-order valence-electron chi connectivity index (χ2n) is 1.92. The molecule has 10 heavy (non-hydrogen) atoms. The average Bonchev–Trinajstić information content (AvgIpc) is 2.34. The summed E-state index contributed by atoms with van der Waals surface area (Å²) in [6.07, 6.45) is 0.820. The topological polar surface area (TPSA) is 59.4 Å². The molecule has 0 amide bonds. The number of nitrogens with two attached hydrogens (primary N) is 1. The van der Waals surface area contributed by atoms with E-state index in [-0.39, 0.29) is 6.54 Å². The molecule has 3 nitrogen and oxygen atoms in total. The molecule has 0 bridgehead atoms. The molecule has 0 aliphatic heterocycles. The Bertz CT molecular complexity index is 211. The van der Waals surface area contributed by atoms with Crippen molar-refractivity contribution in [2.45, 2.75) is 6.10 Å². The first-order valence-corrected chi connectivity index (χ1v) is 3.65. The van der Waals surface area contributed by atoms with E-state index in [1.54, 1.807) is 6.07 Å². The number of hydrogen-bond acceptors (Lipinski definition) is 3. The van der Waals surface area contributed by atoms with Crippen molar-refractivity contribution in [3.05, 3.63) is 22.6 Å². The molecule has 3 N–H and O–H groups in total. The van der Waals surface area contributed by atoms with Gasteiger partial charge in [-0.1, -0.05) is 0 Å². The van der Waals surface area contributed by atoms with Crippen LogP contribution in [-0.2, 0) is 0 Å². The van der Waals surface area contributed by atoms with E-state index in [1.807, 2.05) is 0 Å². The highest BCUT2D eigenvalue weighted by Gasteiger charge is 2.08. The molecule has 56 valence electrons. The van der Waals surface area contributed by atoms with Gasteiger partial charge in [0.2, 0.25) is 0 Å². The summed E-state index contributed by atoms with van der Waals surface area (Å²) in [6, 6.07) is 1.69. The van der Waals surface area contributed by atoms with Gasteiger partial charge < -0.3 is 15.3 Å². The fraction of sp³-hybridized carbons (Fsp3) is 0.333. The minimum Gasteiger partial charge on any atom is -0.465 e. The van der Waals surface area contributed by atoms with Crippen LogP contribution in [0.5, 0.6) is 0 Å². The third-order valence-corrected chi connectivity index (χ3v) is 1.56. The third-order valence-electron chi connectivity index (χ3n) is 1.14. The molecule has 0 aliphatic rings. The number of furan rings is 1. The van der Waals surface area contributed by atoms with Crippen molar-refractivity contribution in [2.24, 2.45) is 5.73 Å². The van der Waals surface area contributed by atoms with Crippen molar-refractivity contribution in [3.8, 4) is 0 Å². The van der Waals surface area contributed by atoms with Gasteiger partial charge in [-0.25, -0.2) is 0 Å². The molecule has 0 saturated heterocycles. The van der Waals surface area contributed by atoms with Gasteiger partial charge in [-0.3, -0.25) is 0 Å². The van der Waals surface area contributed by atoms with Gasteiger partial charge in [0.05, 0.1) is 4.47 Å². The molecule has 0 radical (unpaired) electrons. The Hall–Kier alpha value is -0.320. The van der Waals surface area contributed by atoms with Crippen LogP contribution in [0.2, 0.25) is 0 Å². The van der Waals surface area contributed by atoms with Crippen LogP contribution in [0.25, 0.3) is 0 Å². The number of aliphatic hydroxyl groups is 1. The average molecular weight is 206 g/mol. The SMILES string of the molecule is NC[C@H](O)c1cc(Br)co1. The molecule has 0 fully saturated rings. The number of aliphatic hydroxyl groups excluding tert-OH is 1. The van der Waals surface area contributed by atoms with Gasteiger partial charge in [0.1, 0.15) is 18.1 Å². The van der Waals surface area contributed by atoms with Crippen LogP contribution >= 0.6 is 15.9 Å². The molecular weight excluding hydrogens is 198 g/mol. The van der Waals surface area contributed by atoms with Crippen LogP contribution in [0.15, 0.2) is 21.2 Å². The number of hydrogen-bond donors (Lipinski definition) is 2. The van der Waals surface area contributed by atoms with E-state index < -0.39 is 6.10 Å². The monoisotopic (exact) mass is 205 g/mol. The maximum absolute atomic E-state index is 9.10. The van der Waals surface area contributed by atoms with Crippen molar-refractivity contribution in [3.63, 3.8) is 0 Å². The first-order chi connectivity index (χ1) is 4.74. The van der Waals surface area contributed by atoms with Crippen molar-refractivity contribution >= 4 is 15.9 Å². The molecule has 1 aromatic heterocycles. The van der Waals surface area contributed by atoms with E-state index in [0.717, 1.165) is 4.47 Å². The summed E-state index contributed by atoms with van der Waals surface area (Å²) in [5.74, 6) is 0.495. The van der Waals surface area contributed by atoms with Crippen LogP contribution in [0.3, 0.4) is 0 Å². The van der Waals surface area contributed by atoms with Crippen molar-refractivity contribution in [2.75, 3.05) is 6.54 Å². The molecule has 4 heteroatoms. The van der Waals surface area contributed by atoms with Gasteiger partial charge in [0.15, 0.2) is 0 Å². The van der Waals surface area contributed by atoms with E-state index in [2.05, 4.69) is 15.9 Å². The summed E-state index contributed by atoms with van der Waals surface area (Å²) < 4.78 is 5.75. The highest BCUT2D eigenvalue weighted by atomic mass is 79.9. The van der Waals surface area contributed by atoms with Crippen LogP contribution in [0.4, 0.5) is 0 Å². The molecule has 1 heterocycles. The largest absolute Gasteiger partial charge is 0.465 e. The lowest BCUT2D eigenvalue weighted by atomic mass is 10.3. The molecule has 1 atom stereocenters. The van der Waals surface area contributed by atoms with Crippen LogP contribution in [0.1, 0.15) is 11.9 Å². The Balaban J connectivity index is 2.74. The second-order valence-corrected chi connectivity index (χ2v) is 2.83. The molecule has 1 rings (SSSR count). The molecule has 0 unspecified atom stereocenters. The molecule has 0 saturated carbocycles. The van der Waals surface area contributed by atoms with Crippen LogP contribution in [-0.4, -0.2) is 11.7 Å². The first-order valence-electron chi connectivity index (χ1n) is 2.86. The first kappa shape index (κ1) is 7.78. The zero-order valence-corrected chi connectivity index (χ0v) is 6.84. The van der Waals surface area contributed by atoms with Crippen molar-refractivity contribution < 1.29 is 9.52 Å². The Morgan fingerprint density at radius 2 is 2.50 bits per heavy atom. The van der Waals surface area contributed by atoms with Gasteiger partial charge in [-0.15, -0.1) is 0 Å². The Morgan fingerprint density at radius 3 is 2.90 bits per heavy atom. The summed E-state index contributed by atoms with van der Waals surface area (Å²) in [6.45, 7) is 0.181. The van der Waals surface area contributed by atoms with Gasteiger partial charge in [0, 0.05) is 6.54 Å². The van der Waals surface area contributed by atoms with E-state index in [0.29, 0.717) is 5.76 Å². The van der Waals surface area contributed by atoms with Crippen molar-refractivity contribution in [1.82, 2.24) is 0 Å². The number of rotatable bonds is 2. The second kappa shape index (κ2) is 3.18. The predicted octanol–water partition coefficient (Wildman–Crippen LogP) is 1.03. The molecule has 0 spiro atoms. The highest BCUT2D eigenvalue weighted by Crippen LogP contribution is 2.19. The van der Waals surface area contributed by atoms with Crippen LogP contribution in [0, 0.1) is 0 Å². The minimum absolute atomic E-state index is 0.181. The fourth-order valence-electron chi connectivity index (χ4n) is 0.619. The Labute approximate surface area is 67.0 Å².